The van der Waals surface area contributed by atoms with Crippen LogP contribution >= 0.6 is 39.6 Å². The Kier molecular flexibility index (Phi) is 63.5. The molecule has 0 unspecified atom stereocenters. The number of rotatable bonds is 0. The van der Waals surface area contributed by atoms with Gasteiger partial charge in [0.1, 0.15) is 0 Å². The fourth-order valence-corrected chi connectivity index (χ4v) is 0. The van der Waals surface area contributed by atoms with E-state index in [0.717, 1.165) is 0 Å². The van der Waals surface area contributed by atoms with Crippen LogP contribution in [0.25, 0.3) is 0 Å². The quantitative estimate of drug-likeness (QED) is 0.316. The van der Waals surface area contributed by atoms with E-state index < -0.39 is 0 Å². The Bertz CT molecular complexity index is 80.6. The van der Waals surface area contributed by atoms with Crippen molar-refractivity contribution in [2.24, 2.45) is 0 Å². The van der Waals surface area contributed by atoms with Crippen molar-refractivity contribution in [2.45, 2.75) is 0 Å². The molecule has 6 heteroatoms. The normalized spacial score (nSPS) is 8.57. The molecule has 0 spiro atoms. The summed E-state index contributed by atoms with van der Waals surface area (Å²) in [5.74, 6) is 0. The summed E-state index contributed by atoms with van der Waals surface area (Å²) in [4.78, 5) is 0. The number of hydrogen-bond donors (Lipinski definition) is 0. The van der Waals surface area contributed by atoms with Crippen LogP contribution < -0.4 is 0 Å². The van der Waals surface area contributed by atoms with E-state index in [1.54, 1.807) is 0 Å². The minimum Gasteiger partial charge on any atom is -0.00840 e. The molecule has 0 aromatic carbocycles. The van der Waals surface area contributed by atoms with Gasteiger partial charge in [0, 0.05) is 119 Å². The van der Waals surface area contributed by atoms with Crippen molar-refractivity contribution in [3.63, 3.8) is 0 Å². The molecular formula is C15H50P5Ru+5. The van der Waals surface area contributed by atoms with Crippen LogP contribution in [0, 0.1) is 0 Å². The predicted molar refractivity (Wildman–Crippen MR) is 130 cm³/mol. The Labute approximate surface area is 158 Å². The fraction of sp³-hybridized carbons (Fsp3) is 1.00. The van der Waals surface area contributed by atoms with Crippen LogP contribution in [0.1, 0.15) is 0 Å². The monoisotopic (exact) mass is 487 g/mol. The molecule has 0 fully saturated rings. The summed E-state index contributed by atoms with van der Waals surface area (Å²) < 4.78 is 0. The Balaban J connectivity index is -0.0000000331. The molecule has 138 valence electrons. The second kappa shape index (κ2) is 34.2. The third kappa shape index (κ3) is 1280. The Hall–Kier alpha value is 2.77. The standard InChI is InChI=1S/5C3H9P.Ru/c5*1-4(2)3;/h5*1-3H3;/p+5. The van der Waals surface area contributed by atoms with E-state index in [1.165, 1.54) is 0 Å². The summed E-state index contributed by atoms with van der Waals surface area (Å²) in [5, 5.41) is 0. The van der Waals surface area contributed by atoms with Gasteiger partial charge < -0.3 is 0 Å². The van der Waals surface area contributed by atoms with Gasteiger partial charge in [0.2, 0.25) is 0 Å². The predicted octanol–water partition coefficient (Wildman–Crippen LogP) is 5.45. The zero-order chi connectivity index (χ0) is 17.9. The molecule has 0 amide bonds. The molecular weight excluding hydrogens is 436 g/mol. The first-order valence-electron chi connectivity index (χ1n) is 7.50. The van der Waals surface area contributed by atoms with Crippen molar-refractivity contribution >= 4 is 39.6 Å². The van der Waals surface area contributed by atoms with Gasteiger partial charge in [-0.2, -0.15) is 0 Å². The molecule has 0 bridgehead atoms. The average molecular weight is 487 g/mol. The van der Waals surface area contributed by atoms with Crippen LogP contribution in [-0.2, 0) is 19.5 Å². The summed E-state index contributed by atoms with van der Waals surface area (Å²) in [5.41, 5.74) is 0. The van der Waals surface area contributed by atoms with Gasteiger partial charge in [-0.1, -0.05) is 0 Å². The Morgan fingerprint density at radius 2 is 0.238 bits per heavy atom. The summed E-state index contributed by atoms with van der Waals surface area (Å²) in [7, 11) is 0.602. The van der Waals surface area contributed by atoms with Crippen molar-refractivity contribution in [1.29, 1.82) is 0 Å². The van der Waals surface area contributed by atoms with Crippen LogP contribution in [0.4, 0.5) is 0 Å². The summed E-state index contributed by atoms with van der Waals surface area (Å²) >= 11 is 0. The first kappa shape index (κ1) is 39.0. The van der Waals surface area contributed by atoms with E-state index in [0.29, 0.717) is 0 Å². The molecule has 0 aromatic rings. The summed E-state index contributed by atoms with van der Waals surface area (Å²) in [6.45, 7) is 34.0. The van der Waals surface area contributed by atoms with E-state index in [9.17, 15) is 0 Å². The van der Waals surface area contributed by atoms with E-state index in [4.69, 9.17) is 0 Å². The van der Waals surface area contributed by atoms with Crippen molar-refractivity contribution in [2.75, 3.05) is 100.0 Å². The first-order chi connectivity index (χ1) is 8.66. The molecule has 0 N–H and O–H groups in total. The van der Waals surface area contributed by atoms with Gasteiger partial charge in [0.25, 0.3) is 0 Å². The SMILES string of the molecule is C[PH+](C)C.C[PH+](C)C.C[PH+](C)C.C[PH+](C)C.C[PH+](C)C.[Ru]. The summed E-state index contributed by atoms with van der Waals surface area (Å²) in [6.07, 6.45) is 0. The maximum atomic E-state index is 2.27. The minimum atomic E-state index is 0. The van der Waals surface area contributed by atoms with Crippen LogP contribution in [0.2, 0.25) is 0 Å². The van der Waals surface area contributed by atoms with Gasteiger partial charge in [0.15, 0.2) is 0 Å². The molecule has 0 nitrogen and oxygen atoms in total. The number of hydrogen-bond acceptors (Lipinski definition) is 0. The molecule has 21 heavy (non-hydrogen) atoms. The molecule has 0 atom stereocenters. The van der Waals surface area contributed by atoms with Gasteiger partial charge in [-0.3, -0.25) is 0 Å². The maximum absolute atomic E-state index is 2.27. The van der Waals surface area contributed by atoms with Gasteiger partial charge in [-0.25, -0.2) is 0 Å². The molecule has 0 heterocycles. The molecule has 0 radical (unpaired) electrons. The zero-order valence-corrected chi connectivity index (χ0v) is 24.6. The Morgan fingerprint density at radius 1 is 0.238 bits per heavy atom. The second-order valence-corrected chi connectivity index (χ2v) is 22.5. The third-order valence-corrected chi connectivity index (χ3v) is 0. The van der Waals surface area contributed by atoms with E-state index in [-0.39, 0.29) is 59.1 Å². The maximum Gasteiger partial charge on any atom is 0.0461 e. The molecule has 0 rings (SSSR count). The molecule has 0 aliphatic rings. The van der Waals surface area contributed by atoms with Gasteiger partial charge in [0.05, 0.1) is 0 Å². The fourth-order valence-electron chi connectivity index (χ4n) is 0. The van der Waals surface area contributed by atoms with Gasteiger partial charge in [-0.15, -0.1) is 0 Å². The van der Waals surface area contributed by atoms with E-state index in [1.807, 2.05) is 0 Å². The van der Waals surface area contributed by atoms with Crippen LogP contribution in [0.15, 0.2) is 0 Å². The average Bonchev–Trinajstić information content (AvgIpc) is 1.94. The zero-order valence-electron chi connectivity index (χ0n) is 17.9. The molecule has 0 aliphatic heterocycles. The molecule has 0 aromatic heterocycles. The topological polar surface area (TPSA) is 0 Å². The van der Waals surface area contributed by atoms with Gasteiger partial charge >= 0.3 is 0 Å². The summed E-state index contributed by atoms with van der Waals surface area (Å²) in [6, 6.07) is 0. The van der Waals surface area contributed by atoms with Crippen LogP contribution in [0.5, 0.6) is 0 Å². The smallest absolute Gasteiger partial charge is 0.00840 e. The minimum absolute atomic E-state index is 0. The first-order valence-corrected chi connectivity index (χ1v) is 22.5. The van der Waals surface area contributed by atoms with Crippen molar-refractivity contribution in [1.82, 2.24) is 0 Å². The molecule has 0 aliphatic carbocycles. The van der Waals surface area contributed by atoms with Gasteiger partial charge in [-0.05, 0) is 39.6 Å². The van der Waals surface area contributed by atoms with Crippen LogP contribution in [0.3, 0.4) is 0 Å². The van der Waals surface area contributed by atoms with Crippen molar-refractivity contribution in [3.05, 3.63) is 0 Å². The molecule has 0 saturated carbocycles. The van der Waals surface area contributed by atoms with E-state index >= 15 is 0 Å². The molecule has 0 saturated heterocycles. The van der Waals surface area contributed by atoms with Crippen LogP contribution in [-0.4, -0.2) is 100.0 Å². The second-order valence-electron chi connectivity index (χ2n) is 7.50. The Morgan fingerprint density at radius 3 is 0.238 bits per heavy atom. The largest absolute Gasteiger partial charge is 0.0461 e. The van der Waals surface area contributed by atoms with Crippen molar-refractivity contribution < 1.29 is 19.5 Å². The van der Waals surface area contributed by atoms with E-state index in [2.05, 4.69) is 100.0 Å². The van der Waals surface area contributed by atoms with Crippen molar-refractivity contribution in [3.8, 4) is 0 Å². The third-order valence-electron chi connectivity index (χ3n) is 0.